The standard InChI is InChI=1S/C26H29F4N5O4/c1-24(2,3)19(34-23(39)26(28,29)30)20(36)32-18(8-13-4-5-13)21(37)35-12-25(10-15(35)11-31)16-9-14(27)6-7-17(16)33-22(25)38/h6-7,9,13,15,18-19H,4-5,8,10,12H2,1-3H3,(H,32,36)(H,33,38)(H,34,39)/t15-,18-,19+,25-/m0/s1. The molecule has 39 heavy (non-hydrogen) atoms. The Morgan fingerprint density at radius 2 is 1.87 bits per heavy atom. The molecule has 9 nitrogen and oxygen atoms in total. The fourth-order valence-electron chi connectivity index (χ4n) is 5.25. The van der Waals surface area contributed by atoms with Gasteiger partial charge >= 0.3 is 12.1 Å². The number of nitrogens with one attached hydrogen (secondary N) is 3. The first-order chi connectivity index (χ1) is 18.1. The lowest BCUT2D eigenvalue weighted by Gasteiger charge is -2.33. The van der Waals surface area contributed by atoms with Crippen molar-refractivity contribution in [1.82, 2.24) is 15.5 Å². The number of nitrogens with zero attached hydrogens (tertiary/aromatic N) is 2. The molecule has 0 radical (unpaired) electrons. The normalized spacial score (nSPS) is 24.0. The van der Waals surface area contributed by atoms with E-state index in [0.29, 0.717) is 11.3 Å². The summed E-state index contributed by atoms with van der Waals surface area (Å²) in [5.74, 6) is -4.93. The van der Waals surface area contributed by atoms with Crippen molar-refractivity contribution in [2.75, 3.05) is 11.9 Å². The number of hydrogen-bond donors (Lipinski definition) is 3. The fourth-order valence-corrected chi connectivity index (χ4v) is 5.25. The summed E-state index contributed by atoms with van der Waals surface area (Å²) in [6.45, 7) is 4.17. The monoisotopic (exact) mass is 551 g/mol. The second kappa shape index (κ2) is 9.81. The molecule has 1 aromatic carbocycles. The van der Waals surface area contributed by atoms with Gasteiger partial charge < -0.3 is 20.9 Å². The van der Waals surface area contributed by atoms with Crippen LogP contribution in [-0.2, 0) is 24.6 Å². The van der Waals surface area contributed by atoms with Gasteiger partial charge in [-0.15, -0.1) is 0 Å². The number of fused-ring (bicyclic) bond motifs is 2. The maximum absolute atomic E-state index is 14.1. The van der Waals surface area contributed by atoms with Crippen molar-refractivity contribution in [1.29, 1.82) is 5.26 Å². The largest absolute Gasteiger partial charge is 0.471 e. The van der Waals surface area contributed by atoms with E-state index < -0.39 is 64.6 Å². The number of nitriles is 1. The number of carbonyl (C=O) groups is 4. The van der Waals surface area contributed by atoms with Crippen molar-refractivity contribution >= 4 is 29.3 Å². The molecule has 2 fully saturated rings. The van der Waals surface area contributed by atoms with Crippen LogP contribution in [0.3, 0.4) is 0 Å². The van der Waals surface area contributed by atoms with E-state index in [2.05, 4.69) is 10.6 Å². The molecule has 2 aliphatic heterocycles. The van der Waals surface area contributed by atoms with Gasteiger partial charge in [0.2, 0.25) is 17.7 Å². The van der Waals surface area contributed by atoms with Crippen LogP contribution >= 0.6 is 0 Å². The first-order valence-electron chi connectivity index (χ1n) is 12.6. The molecule has 0 aromatic heterocycles. The average molecular weight is 552 g/mol. The number of amides is 4. The highest BCUT2D eigenvalue weighted by Gasteiger charge is 2.57. The van der Waals surface area contributed by atoms with Crippen molar-refractivity contribution in [3.8, 4) is 6.07 Å². The Morgan fingerprint density at radius 3 is 2.44 bits per heavy atom. The van der Waals surface area contributed by atoms with Crippen LogP contribution in [-0.4, -0.2) is 59.4 Å². The van der Waals surface area contributed by atoms with Gasteiger partial charge in [0.15, 0.2) is 0 Å². The lowest BCUT2D eigenvalue weighted by Crippen LogP contribution is -2.60. The lowest BCUT2D eigenvalue weighted by atomic mass is 9.79. The summed E-state index contributed by atoms with van der Waals surface area (Å²) >= 11 is 0. The van der Waals surface area contributed by atoms with E-state index in [-0.39, 0.29) is 25.3 Å². The van der Waals surface area contributed by atoms with Crippen molar-refractivity contribution in [2.24, 2.45) is 11.3 Å². The SMILES string of the molecule is CC(C)(C)[C@H](NC(=O)C(F)(F)F)C(=O)N[C@@H](CC1CC1)C(=O)N1C[C@]2(C[C@H]1C#N)C(=O)Nc1ccc(F)cc12. The highest BCUT2D eigenvalue weighted by Crippen LogP contribution is 2.47. The third-order valence-corrected chi connectivity index (χ3v) is 7.51. The van der Waals surface area contributed by atoms with Gasteiger partial charge in [0.05, 0.1) is 11.5 Å². The molecule has 1 aromatic rings. The Kier molecular flexibility index (Phi) is 7.12. The molecule has 210 valence electrons. The molecule has 4 amide bonds. The zero-order valence-electron chi connectivity index (χ0n) is 21.6. The molecule has 4 atom stereocenters. The molecule has 1 saturated heterocycles. The predicted molar refractivity (Wildman–Crippen MR) is 129 cm³/mol. The van der Waals surface area contributed by atoms with Crippen molar-refractivity contribution in [3.63, 3.8) is 0 Å². The molecule has 4 rings (SSSR count). The maximum Gasteiger partial charge on any atom is 0.471 e. The van der Waals surface area contributed by atoms with Crippen molar-refractivity contribution in [3.05, 3.63) is 29.6 Å². The minimum Gasteiger partial charge on any atom is -0.342 e. The molecule has 1 aliphatic carbocycles. The summed E-state index contributed by atoms with van der Waals surface area (Å²) in [7, 11) is 0. The Balaban J connectivity index is 1.60. The number of likely N-dealkylation sites (tertiary alicyclic amines) is 1. The molecule has 0 unspecified atom stereocenters. The Morgan fingerprint density at radius 1 is 1.21 bits per heavy atom. The minimum atomic E-state index is -5.21. The van der Waals surface area contributed by atoms with Crippen LogP contribution in [0.5, 0.6) is 0 Å². The molecule has 3 N–H and O–H groups in total. The smallest absolute Gasteiger partial charge is 0.342 e. The average Bonchev–Trinajstić information content (AvgIpc) is 3.50. The number of carbonyl (C=O) groups excluding carboxylic acids is 4. The van der Waals surface area contributed by atoms with Crippen LogP contribution in [0.1, 0.15) is 52.0 Å². The number of benzene rings is 1. The minimum absolute atomic E-state index is 0.0822. The zero-order valence-corrected chi connectivity index (χ0v) is 21.6. The first kappa shape index (κ1) is 28.3. The van der Waals surface area contributed by atoms with Gasteiger partial charge in [-0.3, -0.25) is 19.2 Å². The topological polar surface area (TPSA) is 131 Å². The number of halogens is 4. The fraction of sp³-hybridized carbons (Fsp3) is 0.577. The van der Waals surface area contributed by atoms with Gasteiger partial charge in [-0.25, -0.2) is 4.39 Å². The number of alkyl halides is 3. The summed E-state index contributed by atoms with van der Waals surface area (Å²) < 4.78 is 52.9. The Labute approximate surface area is 222 Å². The van der Waals surface area contributed by atoms with Crippen LogP contribution in [0, 0.1) is 28.5 Å². The summed E-state index contributed by atoms with van der Waals surface area (Å²) in [6.07, 6.45) is -3.56. The quantitative estimate of drug-likeness (QED) is 0.468. The summed E-state index contributed by atoms with van der Waals surface area (Å²) in [5.41, 5.74) is -1.80. The molecule has 3 aliphatic rings. The van der Waals surface area contributed by atoms with Gasteiger partial charge in [0.25, 0.3) is 0 Å². The van der Waals surface area contributed by atoms with E-state index in [1.165, 1.54) is 43.9 Å². The van der Waals surface area contributed by atoms with E-state index in [1.807, 2.05) is 6.07 Å². The molecule has 2 heterocycles. The van der Waals surface area contributed by atoms with Gasteiger partial charge in [-0.05, 0) is 41.5 Å². The maximum atomic E-state index is 14.1. The highest BCUT2D eigenvalue weighted by molar-refractivity contribution is 6.07. The van der Waals surface area contributed by atoms with Crippen molar-refractivity contribution < 1.29 is 36.7 Å². The van der Waals surface area contributed by atoms with Crippen LogP contribution in [0.15, 0.2) is 18.2 Å². The van der Waals surface area contributed by atoms with Gasteiger partial charge in [-0.1, -0.05) is 33.6 Å². The van der Waals surface area contributed by atoms with E-state index >= 15 is 0 Å². The predicted octanol–water partition coefficient (Wildman–Crippen LogP) is 2.52. The molecule has 1 saturated carbocycles. The summed E-state index contributed by atoms with van der Waals surface area (Å²) in [5, 5.41) is 16.8. The lowest BCUT2D eigenvalue weighted by molar-refractivity contribution is -0.175. The van der Waals surface area contributed by atoms with Crippen LogP contribution in [0.4, 0.5) is 23.2 Å². The summed E-state index contributed by atoms with van der Waals surface area (Å²) in [6, 6.07) is 1.90. The van der Waals surface area contributed by atoms with Crippen LogP contribution in [0.2, 0.25) is 0 Å². The number of rotatable bonds is 6. The first-order valence-corrected chi connectivity index (χ1v) is 12.6. The number of anilines is 1. The van der Waals surface area contributed by atoms with E-state index in [4.69, 9.17) is 0 Å². The highest BCUT2D eigenvalue weighted by atomic mass is 19.4. The second-order valence-corrected chi connectivity index (χ2v) is 11.6. The molecular formula is C26H29F4N5O4. The van der Waals surface area contributed by atoms with Gasteiger partial charge in [-0.2, -0.15) is 18.4 Å². The van der Waals surface area contributed by atoms with Crippen LogP contribution < -0.4 is 16.0 Å². The van der Waals surface area contributed by atoms with Gasteiger partial charge in [0, 0.05) is 18.7 Å². The second-order valence-electron chi connectivity index (χ2n) is 11.6. The Bertz CT molecular complexity index is 1250. The third-order valence-electron chi connectivity index (χ3n) is 7.51. The van der Waals surface area contributed by atoms with Gasteiger partial charge in [0.1, 0.15) is 23.9 Å². The van der Waals surface area contributed by atoms with E-state index in [1.54, 1.807) is 5.32 Å². The summed E-state index contributed by atoms with van der Waals surface area (Å²) in [4.78, 5) is 52.8. The molecule has 13 heteroatoms. The molecular weight excluding hydrogens is 522 g/mol. The van der Waals surface area contributed by atoms with Crippen molar-refractivity contribution in [2.45, 2.75) is 76.2 Å². The number of hydrogen-bond acceptors (Lipinski definition) is 5. The van der Waals surface area contributed by atoms with E-state index in [9.17, 15) is 42.0 Å². The Hall–Kier alpha value is -3.69. The van der Waals surface area contributed by atoms with Crippen LogP contribution in [0.25, 0.3) is 0 Å². The third kappa shape index (κ3) is 5.55. The molecule has 1 spiro atoms. The molecule has 0 bridgehead atoms. The zero-order chi connectivity index (χ0) is 28.9. The van der Waals surface area contributed by atoms with E-state index in [0.717, 1.165) is 12.8 Å².